The van der Waals surface area contributed by atoms with E-state index in [4.69, 9.17) is 0 Å². The van der Waals surface area contributed by atoms with Crippen molar-refractivity contribution in [3.63, 3.8) is 0 Å². The first-order valence-electron chi connectivity index (χ1n) is 7.61. The maximum absolute atomic E-state index is 13.8. The Morgan fingerprint density at radius 2 is 1.46 bits per heavy atom. The van der Waals surface area contributed by atoms with Gasteiger partial charge in [0.05, 0.1) is 10.6 Å². The minimum Gasteiger partial charge on any atom is -0.279 e. The van der Waals surface area contributed by atoms with Crippen molar-refractivity contribution in [2.75, 3.05) is 4.72 Å². The summed E-state index contributed by atoms with van der Waals surface area (Å²) in [5.41, 5.74) is 0.614. The maximum Gasteiger partial charge on any atom is 0.261 e. The number of aryl methyl sites for hydroxylation is 1. The number of anilines is 1. The smallest absolute Gasteiger partial charge is 0.261 e. The molecule has 0 saturated heterocycles. The number of benzene rings is 3. The number of halogens is 3. The molecule has 0 aromatic heterocycles. The second kappa shape index (κ2) is 6.84. The van der Waals surface area contributed by atoms with Crippen LogP contribution in [0.25, 0.3) is 11.1 Å². The van der Waals surface area contributed by atoms with Gasteiger partial charge in [-0.2, -0.15) is 0 Å². The molecule has 3 aromatic rings. The van der Waals surface area contributed by atoms with E-state index in [9.17, 15) is 21.6 Å². The fraction of sp³-hybridized carbons (Fsp3) is 0.0526. The van der Waals surface area contributed by atoms with Gasteiger partial charge < -0.3 is 0 Å². The van der Waals surface area contributed by atoms with Crippen molar-refractivity contribution in [2.24, 2.45) is 0 Å². The molecular weight excluding hydrogens is 363 g/mol. The van der Waals surface area contributed by atoms with Gasteiger partial charge in [-0.1, -0.05) is 24.3 Å². The van der Waals surface area contributed by atoms with Crippen LogP contribution in [0.1, 0.15) is 5.56 Å². The van der Waals surface area contributed by atoms with Crippen LogP contribution < -0.4 is 4.72 Å². The normalized spacial score (nSPS) is 11.4. The first-order chi connectivity index (χ1) is 12.3. The van der Waals surface area contributed by atoms with Crippen molar-refractivity contribution in [1.29, 1.82) is 0 Å². The number of hydrogen-bond donors (Lipinski definition) is 1. The van der Waals surface area contributed by atoms with Gasteiger partial charge in [0.25, 0.3) is 10.0 Å². The topological polar surface area (TPSA) is 46.2 Å². The molecule has 0 spiro atoms. The molecule has 0 amide bonds. The molecule has 3 aromatic carbocycles. The summed E-state index contributed by atoms with van der Waals surface area (Å²) in [5, 5.41) is 0. The average molecular weight is 377 g/mol. The van der Waals surface area contributed by atoms with Crippen LogP contribution in [-0.2, 0) is 10.0 Å². The fourth-order valence-corrected chi connectivity index (χ4v) is 3.58. The lowest BCUT2D eigenvalue weighted by Gasteiger charge is -2.14. The highest BCUT2D eigenvalue weighted by atomic mass is 32.2. The molecule has 1 N–H and O–H groups in total. The Hall–Kier alpha value is -2.80. The van der Waals surface area contributed by atoms with Crippen LogP contribution >= 0.6 is 0 Å². The van der Waals surface area contributed by atoms with Gasteiger partial charge >= 0.3 is 0 Å². The second-order valence-electron chi connectivity index (χ2n) is 5.69. The summed E-state index contributed by atoms with van der Waals surface area (Å²) in [5.74, 6) is -2.79. The Morgan fingerprint density at radius 1 is 0.808 bits per heavy atom. The van der Waals surface area contributed by atoms with Crippen LogP contribution in [0.3, 0.4) is 0 Å². The first kappa shape index (κ1) is 18.0. The lowest BCUT2D eigenvalue weighted by molar-refractivity contribution is 0.509. The summed E-state index contributed by atoms with van der Waals surface area (Å²) in [6.07, 6.45) is 0. The largest absolute Gasteiger partial charge is 0.279 e. The van der Waals surface area contributed by atoms with E-state index in [1.54, 1.807) is 18.2 Å². The molecule has 0 heterocycles. The molecule has 0 aliphatic rings. The summed E-state index contributed by atoms with van der Waals surface area (Å²) < 4.78 is 68.3. The van der Waals surface area contributed by atoms with Gasteiger partial charge in [0.2, 0.25) is 0 Å². The van der Waals surface area contributed by atoms with Crippen molar-refractivity contribution >= 4 is 15.7 Å². The van der Waals surface area contributed by atoms with Gasteiger partial charge in [0.15, 0.2) is 11.6 Å². The standard InChI is InChI=1S/C19H14F3NO2S/c1-12-9-13(7-8-16(12)20)15-10-17(21)18(22)11-19(15)23-26(24,25)14-5-3-2-4-6-14/h2-11,23H,1H3. The van der Waals surface area contributed by atoms with Crippen LogP contribution in [0, 0.1) is 24.4 Å². The van der Waals surface area contributed by atoms with Crippen molar-refractivity contribution in [2.45, 2.75) is 11.8 Å². The molecule has 0 fully saturated rings. The van der Waals surface area contributed by atoms with Crippen molar-refractivity contribution < 1.29 is 21.6 Å². The summed E-state index contributed by atoms with van der Waals surface area (Å²) in [7, 11) is -4.00. The summed E-state index contributed by atoms with van der Waals surface area (Å²) in [6, 6.07) is 13.1. The third kappa shape index (κ3) is 3.57. The van der Waals surface area contributed by atoms with Crippen LogP contribution in [0.4, 0.5) is 18.9 Å². The Labute approximate surface area is 149 Å². The molecule has 134 valence electrons. The van der Waals surface area contributed by atoms with Gasteiger partial charge in [-0.3, -0.25) is 4.72 Å². The third-order valence-corrected chi connectivity index (χ3v) is 5.21. The maximum atomic E-state index is 13.8. The van der Waals surface area contributed by atoms with Crippen LogP contribution in [0.15, 0.2) is 65.6 Å². The van der Waals surface area contributed by atoms with Gasteiger partial charge in [-0.15, -0.1) is 0 Å². The zero-order valence-corrected chi connectivity index (χ0v) is 14.4. The molecule has 0 aliphatic heterocycles. The zero-order valence-electron chi connectivity index (χ0n) is 13.6. The predicted octanol–water partition coefficient (Wildman–Crippen LogP) is 4.88. The molecule has 3 rings (SSSR count). The van der Waals surface area contributed by atoms with E-state index in [0.717, 1.165) is 12.1 Å². The molecule has 0 radical (unpaired) electrons. The van der Waals surface area contributed by atoms with E-state index in [0.29, 0.717) is 11.1 Å². The number of sulfonamides is 1. The number of hydrogen-bond acceptors (Lipinski definition) is 2. The molecule has 0 unspecified atom stereocenters. The fourth-order valence-electron chi connectivity index (χ4n) is 2.49. The number of rotatable bonds is 4. The first-order valence-corrected chi connectivity index (χ1v) is 9.10. The van der Waals surface area contributed by atoms with E-state index >= 15 is 0 Å². The van der Waals surface area contributed by atoms with Gasteiger partial charge in [-0.05, 0) is 48.4 Å². The molecule has 0 atom stereocenters. The SMILES string of the molecule is Cc1cc(-c2cc(F)c(F)cc2NS(=O)(=O)c2ccccc2)ccc1F. The zero-order chi connectivity index (χ0) is 18.9. The molecule has 3 nitrogen and oxygen atoms in total. The summed E-state index contributed by atoms with van der Waals surface area (Å²) >= 11 is 0. The average Bonchev–Trinajstić information content (AvgIpc) is 2.61. The predicted molar refractivity (Wildman–Crippen MR) is 93.7 cm³/mol. The minimum atomic E-state index is -4.00. The molecule has 26 heavy (non-hydrogen) atoms. The molecule has 0 aliphatic carbocycles. The molecular formula is C19H14F3NO2S. The van der Waals surface area contributed by atoms with E-state index < -0.39 is 27.5 Å². The Bertz CT molecular complexity index is 1070. The van der Waals surface area contributed by atoms with Crippen LogP contribution in [0.2, 0.25) is 0 Å². The van der Waals surface area contributed by atoms with E-state index in [1.807, 2.05) is 0 Å². The van der Waals surface area contributed by atoms with Gasteiger partial charge in [-0.25, -0.2) is 21.6 Å². The van der Waals surface area contributed by atoms with E-state index in [-0.39, 0.29) is 16.1 Å². The van der Waals surface area contributed by atoms with Crippen molar-refractivity contribution in [3.8, 4) is 11.1 Å². The molecule has 0 saturated carbocycles. The Kier molecular flexibility index (Phi) is 4.73. The number of nitrogens with one attached hydrogen (secondary N) is 1. The minimum absolute atomic E-state index is 0.0223. The molecule has 7 heteroatoms. The Morgan fingerprint density at radius 3 is 2.12 bits per heavy atom. The van der Waals surface area contributed by atoms with Crippen molar-refractivity contribution in [3.05, 3.63) is 83.7 Å². The molecule has 0 bridgehead atoms. The third-order valence-electron chi connectivity index (χ3n) is 3.83. The van der Waals surface area contributed by atoms with Crippen LogP contribution in [0.5, 0.6) is 0 Å². The van der Waals surface area contributed by atoms with Gasteiger partial charge in [0, 0.05) is 11.6 Å². The van der Waals surface area contributed by atoms with Gasteiger partial charge in [0.1, 0.15) is 5.82 Å². The highest BCUT2D eigenvalue weighted by Gasteiger charge is 2.19. The van der Waals surface area contributed by atoms with E-state index in [2.05, 4.69) is 4.72 Å². The lowest BCUT2D eigenvalue weighted by Crippen LogP contribution is -2.14. The monoisotopic (exact) mass is 377 g/mol. The lowest BCUT2D eigenvalue weighted by atomic mass is 10.0. The highest BCUT2D eigenvalue weighted by Crippen LogP contribution is 2.32. The second-order valence-corrected chi connectivity index (χ2v) is 7.38. The van der Waals surface area contributed by atoms with E-state index in [1.165, 1.54) is 37.3 Å². The van der Waals surface area contributed by atoms with Crippen molar-refractivity contribution in [1.82, 2.24) is 0 Å². The quantitative estimate of drug-likeness (QED) is 0.704. The van der Waals surface area contributed by atoms with Crippen LogP contribution in [-0.4, -0.2) is 8.42 Å². The Balaban J connectivity index is 2.12. The summed E-state index contributed by atoms with van der Waals surface area (Å²) in [6.45, 7) is 1.52. The summed E-state index contributed by atoms with van der Waals surface area (Å²) in [4.78, 5) is -0.0223. The highest BCUT2D eigenvalue weighted by molar-refractivity contribution is 7.92.